The number of aryl methyl sites for hydroxylation is 1. The highest BCUT2D eigenvalue weighted by Gasteiger charge is 2.34. The second-order valence-corrected chi connectivity index (χ2v) is 10.7. The number of ether oxygens (including phenoxy) is 1. The van der Waals surface area contributed by atoms with Gasteiger partial charge in [0.25, 0.3) is 5.91 Å². The number of hydrogen-bond donors (Lipinski definition) is 2. The number of carbonyl (C=O) groups excluding carboxylic acids is 1. The molecule has 1 saturated carbocycles. The van der Waals surface area contributed by atoms with E-state index in [1.165, 1.54) is 29.2 Å². The number of amides is 1. The number of halogens is 3. The molecule has 0 bridgehead atoms. The second-order valence-electron chi connectivity index (χ2n) is 10.7. The van der Waals surface area contributed by atoms with Crippen LogP contribution in [0, 0.1) is 18.7 Å². The summed E-state index contributed by atoms with van der Waals surface area (Å²) in [5.74, 6) is -1.76. The highest BCUT2D eigenvalue weighted by atomic mass is 19.1. The molecule has 2 aliphatic heterocycles. The summed E-state index contributed by atoms with van der Waals surface area (Å²) in [6.07, 6.45) is 6.69. The molecule has 4 heterocycles. The third kappa shape index (κ3) is 5.51. The van der Waals surface area contributed by atoms with Crippen molar-refractivity contribution < 1.29 is 22.7 Å². The first kappa shape index (κ1) is 25.8. The summed E-state index contributed by atoms with van der Waals surface area (Å²) in [6, 6.07) is 4.30. The SMILES string of the molecule is Cc1cc(F)c(C(=O)NC2CC2)cc1-n1cc(-c2cc(NC3CCN(C4CCOC4)C[C@H]3F)cnc2F)cn1. The van der Waals surface area contributed by atoms with Gasteiger partial charge < -0.3 is 15.4 Å². The number of alkyl halides is 1. The van der Waals surface area contributed by atoms with Crippen molar-refractivity contribution in [2.45, 2.75) is 56.9 Å². The topological polar surface area (TPSA) is 84.3 Å². The number of rotatable bonds is 7. The van der Waals surface area contributed by atoms with E-state index in [9.17, 15) is 13.6 Å². The number of carbonyl (C=O) groups is 1. The molecular weight excluding hydrogens is 509 g/mol. The van der Waals surface area contributed by atoms with Crippen molar-refractivity contribution in [1.82, 2.24) is 25.0 Å². The van der Waals surface area contributed by atoms with E-state index in [2.05, 4.69) is 25.6 Å². The van der Waals surface area contributed by atoms with Gasteiger partial charge in [0.05, 0.1) is 42.0 Å². The van der Waals surface area contributed by atoms with Gasteiger partial charge in [-0.2, -0.15) is 9.49 Å². The van der Waals surface area contributed by atoms with Crippen molar-refractivity contribution >= 4 is 11.6 Å². The Balaban J connectivity index is 1.19. The van der Waals surface area contributed by atoms with E-state index >= 15 is 4.39 Å². The number of pyridine rings is 1. The summed E-state index contributed by atoms with van der Waals surface area (Å²) in [5.41, 5.74) is 2.18. The van der Waals surface area contributed by atoms with E-state index in [-0.39, 0.29) is 23.2 Å². The lowest BCUT2D eigenvalue weighted by molar-refractivity contribution is 0.0789. The Morgan fingerprint density at radius 3 is 2.72 bits per heavy atom. The molecule has 2 aromatic heterocycles. The molecule has 1 amide bonds. The third-order valence-corrected chi connectivity index (χ3v) is 7.77. The minimum Gasteiger partial charge on any atom is -0.380 e. The van der Waals surface area contributed by atoms with Crippen LogP contribution in [0.3, 0.4) is 0 Å². The van der Waals surface area contributed by atoms with Crippen LogP contribution >= 0.6 is 0 Å². The van der Waals surface area contributed by atoms with Crippen LogP contribution in [0.5, 0.6) is 0 Å². The molecule has 11 heteroatoms. The van der Waals surface area contributed by atoms with Gasteiger partial charge in [0, 0.05) is 49.1 Å². The Kier molecular flexibility index (Phi) is 7.03. The van der Waals surface area contributed by atoms with Crippen molar-refractivity contribution in [3.8, 4) is 16.8 Å². The lowest BCUT2D eigenvalue weighted by Crippen LogP contribution is -2.51. The lowest BCUT2D eigenvalue weighted by atomic mass is 10.0. The molecule has 8 nitrogen and oxygen atoms in total. The first-order valence-electron chi connectivity index (χ1n) is 13.4. The van der Waals surface area contributed by atoms with Crippen LogP contribution in [0.15, 0.2) is 36.8 Å². The first-order valence-corrected chi connectivity index (χ1v) is 13.4. The van der Waals surface area contributed by atoms with Crippen molar-refractivity contribution in [2.75, 3.05) is 31.6 Å². The number of nitrogens with one attached hydrogen (secondary N) is 2. The molecule has 0 spiro atoms. The Morgan fingerprint density at radius 2 is 1.97 bits per heavy atom. The number of aromatic nitrogens is 3. The van der Waals surface area contributed by atoms with Crippen LogP contribution in [-0.2, 0) is 4.74 Å². The minimum atomic E-state index is -1.08. The maximum atomic E-state index is 15.1. The summed E-state index contributed by atoms with van der Waals surface area (Å²) in [5, 5.41) is 10.3. The summed E-state index contributed by atoms with van der Waals surface area (Å²) in [7, 11) is 0. The van der Waals surface area contributed by atoms with Gasteiger partial charge in [-0.3, -0.25) is 9.69 Å². The van der Waals surface area contributed by atoms with Crippen LogP contribution < -0.4 is 10.6 Å². The zero-order valence-corrected chi connectivity index (χ0v) is 21.7. The number of benzene rings is 1. The molecule has 0 radical (unpaired) electrons. The average molecular weight is 541 g/mol. The van der Waals surface area contributed by atoms with Crippen molar-refractivity contribution in [3.05, 3.63) is 59.7 Å². The van der Waals surface area contributed by atoms with E-state index in [4.69, 9.17) is 4.74 Å². The number of anilines is 1. The molecular formula is C28H31F3N6O2. The third-order valence-electron chi connectivity index (χ3n) is 7.77. The second kappa shape index (κ2) is 10.6. The van der Waals surface area contributed by atoms with Crippen molar-refractivity contribution in [1.29, 1.82) is 0 Å². The maximum Gasteiger partial charge on any atom is 0.254 e. The predicted molar refractivity (Wildman–Crippen MR) is 140 cm³/mol. The quantitative estimate of drug-likeness (QED) is 0.441. The van der Waals surface area contributed by atoms with Gasteiger partial charge in [-0.05, 0) is 56.4 Å². The Morgan fingerprint density at radius 1 is 1.13 bits per heavy atom. The molecule has 2 unspecified atom stereocenters. The fraction of sp³-hybridized carbons (Fsp3) is 0.464. The molecule has 3 fully saturated rings. The Bertz CT molecular complexity index is 1370. The number of hydrogen-bond acceptors (Lipinski definition) is 6. The first-order chi connectivity index (χ1) is 18.9. The summed E-state index contributed by atoms with van der Waals surface area (Å²) < 4.78 is 51.3. The van der Waals surface area contributed by atoms with E-state index in [0.717, 1.165) is 32.4 Å². The highest BCUT2D eigenvalue weighted by Crippen LogP contribution is 2.29. The van der Waals surface area contributed by atoms with E-state index in [1.54, 1.807) is 19.2 Å². The molecule has 2 saturated heterocycles. The largest absolute Gasteiger partial charge is 0.380 e. The normalized spacial score (nSPS) is 23.6. The molecule has 206 valence electrons. The Labute approximate surface area is 224 Å². The van der Waals surface area contributed by atoms with E-state index in [1.807, 2.05) is 0 Å². The molecule has 39 heavy (non-hydrogen) atoms. The van der Waals surface area contributed by atoms with Gasteiger partial charge in [-0.15, -0.1) is 0 Å². The standard InChI is InChI=1S/C28H31F3N6O2/c1-16-8-23(29)22(28(38)35-18-2-3-18)10-26(16)37-13-17(11-33-37)21-9-19(12-32-27(21)31)34-25-4-6-36(14-24(25)30)20-5-7-39-15-20/h8-13,18,20,24-25,34H,2-7,14-15H2,1H3,(H,35,38)/t20?,24-,25?/m1/s1. The van der Waals surface area contributed by atoms with Crippen LogP contribution in [0.1, 0.15) is 41.6 Å². The van der Waals surface area contributed by atoms with Gasteiger partial charge in [-0.25, -0.2) is 18.4 Å². The highest BCUT2D eigenvalue weighted by molar-refractivity contribution is 5.95. The summed E-state index contributed by atoms with van der Waals surface area (Å²) in [4.78, 5) is 18.5. The Hall–Kier alpha value is -3.44. The lowest BCUT2D eigenvalue weighted by Gasteiger charge is -2.38. The smallest absolute Gasteiger partial charge is 0.254 e. The van der Waals surface area contributed by atoms with Crippen molar-refractivity contribution in [3.63, 3.8) is 0 Å². The molecule has 3 atom stereocenters. The van der Waals surface area contributed by atoms with Gasteiger partial charge in [0.15, 0.2) is 0 Å². The summed E-state index contributed by atoms with van der Waals surface area (Å²) >= 11 is 0. The average Bonchev–Trinajstić information content (AvgIpc) is 3.35. The van der Waals surface area contributed by atoms with Crippen molar-refractivity contribution in [2.24, 2.45) is 0 Å². The van der Waals surface area contributed by atoms with E-state index < -0.39 is 29.9 Å². The zero-order chi connectivity index (χ0) is 27.1. The van der Waals surface area contributed by atoms with Gasteiger partial charge in [-0.1, -0.05) is 0 Å². The molecule has 3 aliphatic rings. The fourth-order valence-corrected chi connectivity index (χ4v) is 5.34. The molecule has 6 rings (SSSR count). The summed E-state index contributed by atoms with van der Waals surface area (Å²) in [6.45, 7) is 4.18. The predicted octanol–water partition coefficient (Wildman–Crippen LogP) is 4.03. The van der Waals surface area contributed by atoms with E-state index in [0.29, 0.717) is 42.1 Å². The van der Waals surface area contributed by atoms with Crippen LogP contribution in [0.2, 0.25) is 0 Å². The number of nitrogens with zero attached hydrogens (tertiary/aromatic N) is 4. The molecule has 1 aromatic carbocycles. The van der Waals surface area contributed by atoms with Gasteiger partial charge in [0.2, 0.25) is 5.95 Å². The zero-order valence-electron chi connectivity index (χ0n) is 21.7. The maximum absolute atomic E-state index is 15.1. The molecule has 3 aromatic rings. The van der Waals surface area contributed by atoms with Gasteiger partial charge in [0.1, 0.15) is 12.0 Å². The van der Waals surface area contributed by atoms with Crippen LogP contribution in [0.25, 0.3) is 16.8 Å². The van der Waals surface area contributed by atoms with Crippen LogP contribution in [-0.4, -0.2) is 76.2 Å². The fourth-order valence-electron chi connectivity index (χ4n) is 5.34. The number of likely N-dealkylation sites (tertiary alicyclic amines) is 1. The molecule has 1 aliphatic carbocycles. The minimum absolute atomic E-state index is 0.0640. The van der Waals surface area contributed by atoms with Crippen LogP contribution in [0.4, 0.5) is 18.9 Å². The number of piperidine rings is 1. The monoisotopic (exact) mass is 540 g/mol. The van der Waals surface area contributed by atoms with Gasteiger partial charge >= 0.3 is 0 Å². The molecule has 2 N–H and O–H groups in total.